The molecule has 1 aliphatic heterocycles. The highest BCUT2D eigenvalue weighted by Gasteiger charge is 2.31. The van der Waals surface area contributed by atoms with Crippen molar-refractivity contribution in [1.82, 2.24) is 10.2 Å². The molecule has 0 aliphatic carbocycles. The van der Waals surface area contributed by atoms with Crippen molar-refractivity contribution >= 4 is 5.91 Å². The first-order valence-electron chi connectivity index (χ1n) is 5.86. The van der Waals surface area contributed by atoms with Crippen molar-refractivity contribution in [3.05, 3.63) is 35.9 Å². The molecule has 1 fully saturated rings. The Morgan fingerprint density at radius 1 is 1.41 bits per heavy atom. The van der Waals surface area contributed by atoms with E-state index in [0.717, 1.165) is 13.1 Å². The molecule has 17 heavy (non-hydrogen) atoms. The van der Waals surface area contributed by atoms with Crippen LogP contribution in [-0.2, 0) is 0 Å². The Hall–Kier alpha value is -1.39. The van der Waals surface area contributed by atoms with Gasteiger partial charge in [-0.15, -0.1) is 0 Å². The van der Waals surface area contributed by atoms with E-state index in [0.29, 0.717) is 5.56 Å². The van der Waals surface area contributed by atoms with Crippen LogP contribution in [0, 0.1) is 5.92 Å². The van der Waals surface area contributed by atoms with Gasteiger partial charge in [-0.2, -0.15) is 0 Å². The average molecular weight is 234 g/mol. The Morgan fingerprint density at radius 3 is 2.76 bits per heavy atom. The van der Waals surface area contributed by atoms with Crippen LogP contribution >= 0.6 is 0 Å². The highest BCUT2D eigenvalue weighted by molar-refractivity contribution is 5.94. The highest BCUT2D eigenvalue weighted by Crippen LogP contribution is 2.15. The van der Waals surface area contributed by atoms with E-state index < -0.39 is 0 Å². The molecular formula is C13H18N2O2. The molecular weight excluding hydrogens is 216 g/mol. The maximum Gasteiger partial charge on any atom is 0.251 e. The Kier molecular flexibility index (Phi) is 3.76. The molecule has 1 heterocycles. The summed E-state index contributed by atoms with van der Waals surface area (Å²) >= 11 is 0. The fourth-order valence-corrected chi connectivity index (χ4v) is 2.28. The van der Waals surface area contributed by atoms with Gasteiger partial charge in [0.05, 0.1) is 0 Å². The maximum absolute atomic E-state index is 12.0. The number of likely N-dealkylation sites (tertiary alicyclic amines) is 1. The van der Waals surface area contributed by atoms with Crippen LogP contribution in [0.5, 0.6) is 0 Å². The Bertz CT molecular complexity index is 380. The van der Waals surface area contributed by atoms with E-state index in [1.165, 1.54) is 0 Å². The number of benzene rings is 1. The number of nitrogens with zero attached hydrogens (tertiary/aromatic N) is 1. The predicted molar refractivity (Wildman–Crippen MR) is 65.8 cm³/mol. The Balaban J connectivity index is 1.99. The molecule has 0 radical (unpaired) electrons. The molecule has 0 saturated carbocycles. The number of nitrogens with one attached hydrogen (secondary N) is 1. The molecule has 0 spiro atoms. The highest BCUT2D eigenvalue weighted by atomic mass is 16.3. The first-order valence-corrected chi connectivity index (χ1v) is 5.86. The second-order valence-electron chi connectivity index (χ2n) is 4.61. The summed E-state index contributed by atoms with van der Waals surface area (Å²) < 4.78 is 0. The number of aliphatic hydroxyl groups excluding tert-OH is 1. The molecule has 0 unspecified atom stereocenters. The van der Waals surface area contributed by atoms with Crippen molar-refractivity contribution in [2.45, 2.75) is 6.04 Å². The van der Waals surface area contributed by atoms with Gasteiger partial charge >= 0.3 is 0 Å². The monoisotopic (exact) mass is 234 g/mol. The summed E-state index contributed by atoms with van der Waals surface area (Å²) in [5.41, 5.74) is 0.666. The van der Waals surface area contributed by atoms with Crippen LogP contribution in [0.15, 0.2) is 30.3 Å². The van der Waals surface area contributed by atoms with E-state index in [1.807, 2.05) is 25.2 Å². The van der Waals surface area contributed by atoms with Gasteiger partial charge in [0.1, 0.15) is 0 Å². The van der Waals surface area contributed by atoms with Gasteiger partial charge < -0.3 is 15.3 Å². The number of aliphatic hydroxyl groups is 1. The van der Waals surface area contributed by atoms with Gasteiger partial charge in [-0.05, 0) is 19.2 Å². The minimum atomic E-state index is -0.0654. The molecule has 4 nitrogen and oxygen atoms in total. The average Bonchev–Trinajstić information content (AvgIpc) is 2.70. The van der Waals surface area contributed by atoms with E-state index in [1.54, 1.807) is 12.1 Å². The van der Waals surface area contributed by atoms with Gasteiger partial charge in [-0.3, -0.25) is 4.79 Å². The second kappa shape index (κ2) is 5.29. The van der Waals surface area contributed by atoms with Gasteiger partial charge in [-0.1, -0.05) is 18.2 Å². The molecule has 1 aromatic rings. The number of carbonyl (C=O) groups is 1. The Morgan fingerprint density at radius 2 is 2.12 bits per heavy atom. The van der Waals surface area contributed by atoms with Crippen molar-refractivity contribution in [2.24, 2.45) is 5.92 Å². The van der Waals surface area contributed by atoms with Gasteiger partial charge in [0, 0.05) is 37.2 Å². The molecule has 92 valence electrons. The summed E-state index contributed by atoms with van der Waals surface area (Å²) in [4.78, 5) is 14.1. The van der Waals surface area contributed by atoms with E-state index in [2.05, 4.69) is 10.2 Å². The standard InChI is InChI=1S/C13H18N2O2/c1-15-7-11(9-16)12(8-15)14-13(17)10-5-3-2-4-6-10/h2-6,11-12,16H,7-9H2,1H3,(H,14,17)/t11-,12+/m0/s1. The molecule has 2 atom stereocenters. The molecule has 0 bridgehead atoms. The SMILES string of the molecule is CN1C[C@@H](CO)[C@H](NC(=O)c2ccccc2)C1. The van der Waals surface area contributed by atoms with Crippen LogP contribution in [0.25, 0.3) is 0 Å². The lowest BCUT2D eigenvalue weighted by Gasteiger charge is -2.17. The summed E-state index contributed by atoms with van der Waals surface area (Å²) in [5, 5.41) is 12.2. The zero-order valence-corrected chi connectivity index (χ0v) is 9.97. The molecule has 1 saturated heterocycles. The summed E-state index contributed by atoms with van der Waals surface area (Å²) in [6.07, 6.45) is 0. The lowest BCUT2D eigenvalue weighted by Crippen LogP contribution is -2.41. The smallest absolute Gasteiger partial charge is 0.251 e. The summed E-state index contributed by atoms with van der Waals surface area (Å²) in [7, 11) is 2.00. The lowest BCUT2D eigenvalue weighted by molar-refractivity contribution is 0.0921. The van der Waals surface area contributed by atoms with Crippen molar-refractivity contribution < 1.29 is 9.90 Å². The van der Waals surface area contributed by atoms with Crippen LogP contribution in [0.2, 0.25) is 0 Å². The zero-order chi connectivity index (χ0) is 12.3. The molecule has 2 N–H and O–H groups in total. The van der Waals surface area contributed by atoms with Crippen LogP contribution in [-0.4, -0.2) is 48.7 Å². The minimum absolute atomic E-state index is 0.0395. The molecule has 4 heteroatoms. The van der Waals surface area contributed by atoms with Crippen molar-refractivity contribution in [3.8, 4) is 0 Å². The summed E-state index contributed by atoms with van der Waals surface area (Å²) in [5.74, 6) is 0.0667. The number of carbonyl (C=O) groups excluding carboxylic acids is 1. The van der Waals surface area contributed by atoms with E-state index in [-0.39, 0.29) is 24.5 Å². The lowest BCUT2D eigenvalue weighted by atomic mass is 10.0. The number of likely N-dealkylation sites (N-methyl/N-ethyl adjacent to an activating group) is 1. The van der Waals surface area contributed by atoms with Crippen LogP contribution < -0.4 is 5.32 Å². The third-order valence-corrected chi connectivity index (χ3v) is 3.21. The molecule has 0 aromatic heterocycles. The molecule has 2 rings (SSSR count). The molecule has 1 amide bonds. The molecule has 1 aliphatic rings. The normalized spacial score (nSPS) is 24.8. The van der Waals surface area contributed by atoms with E-state index in [9.17, 15) is 9.90 Å². The minimum Gasteiger partial charge on any atom is -0.396 e. The number of hydrogen-bond donors (Lipinski definition) is 2. The second-order valence-corrected chi connectivity index (χ2v) is 4.61. The number of rotatable bonds is 3. The van der Waals surface area contributed by atoms with Crippen molar-refractivity contribution in [1.29, 1.82) is 0 Å². The van der Waals surface area contributed by atoms with Crippen molar-refractivity contribution in [3.63, 3.8) is 0 Å². The number of hydrogen-bond acceptors (Lipinski definition) is 3. The Labute approximate surface area is 101 Å². The molecule has 1 aromatic carbocycles. The first kappa shape index (κ1) is 12.1. The van der Waals surface area contributed by atoms with Crippen LogP contribution in [0.4, 0.5) is 0 Å². The summed E-state index contributed by atoms with van der Waals surface area (Å²) in [6, 6.07) is 9.21. The van der Waals surface area contributed by atoms with Gasteiger partial charge in [0.15, 0.2) is 0 Å². The van der Waals surface area contributed by atoms with E-state index >= 15 is 0 Å². The van der Waals surface area contributed by atoms with Crippen LogP contribution in [0.3, 0.4) is 0 Å². The third-order valence-electron chi connectivity index (χ3n) is 3.21. The zero-order valence-electron chi connectivity index (χ0n) is 9.97. The maximum atomic E-state index is 12.0. The topological polar surface area (TPSA) is 52.6 Å². The number of amides is 1. The van der Waals surface area contributed by atoms with Gasteiger partial charge in [0.25, 0.3) is 5.91 Å². The fraction of sp³-hybridized carbons (Fsp3) is 0.462. The third kappa shape index (κ3) is 2.84. The van der Waals surface area contributed by atoms with Gasteiger partial charge in [0.2, 0.25) is 0 Å². The van der Waals surface area contributed by atoms with Crippen molar-refractivity contribution in [2.75, 3.05) is 26.7 Å². The summed E-state index contributed by atoms with van der Waals surface area (Å²) in [6.45, 7) is 1.74. The van der Waals surface area contributed by atoms with Crippen LogP contribution in [0.1, 0.15) is 10.4 Å². The fourth-order valence-electron chi connectivity index (χ4n) is 2.28. The predicted octanol–water partition coefficient (Wildman–Crippen LogP) is 0.339. The first-order chi connectivity index (χ1) is 8.20. The quantitative estimate of drug-likeness (QED) is 0.793. The van der Waals surface area contributed by atoms with Gasteiger partial charge in [-0.25, -0.2) is 0 Å². The van der Waals surface area contributed by atoms with E-state index in [4.69, 9.17) is 0 Å². The largest absolute Gasteiger partial charge is 0.396 e.